The lowest BCUT2D eigenvalue weighted by Gasteiger charge is -2.15. The lowest BCUT2D eigenvalue weighted by atomic mass is 10.2. The topological polar surface area (TPSA) is 111 Å². The van der Waals surface area contributed by atoms with E-state index < -0.39 is 5.69 Å². The molecular weight excluding hydrogens is 472 g/mol. The summed E-state index contributed by atoms with van der Waals surface area (Å²) in [6, 6.07) is 14.4. The predicted octanol–water partition coefficient (Wildman–Crippen LogP) is 2.72. The molecule has 2 N–H and O–H groups in total. The molecule has 0 unspecified atom stereocenters. The van der Waals surface area contributed by atoms with Gasteiger partial charge < -0.3 is 15.4 Å². The summed E-state index contributed by atoms with van der Waals surface area (Å²) in [6.45, 7) is 0.282. The van der Waals surface area contributed by atoms with Crippen LogP contribution in [0.1, 0.15) is 50.5 Å². The Morgan fingerprint density at radius 1 is 0.946 bits per heavy atom. The Morgan fingerprint density at radius 3 is 2.41 bits per heavy atom. The summed E-state index contributed by atoms with van der Waals surface area (Å²) < 4.78 is 7.66. The fourth-order valence-electron chi connectivity index (χ4n) is 4.79. The van der Waals surface area contributed by atoms with E-state index >= 15 is 0 Å². The Bertz CT molecular complexity index is 1350. The van der Waals surface area contributed by atoms with E-state index in [1.54, 1.807) is 31.4 Å². The van der Waals surface area contributed by atoms with E-state index in [9.17, 15) is 19.2 Å². The average Bonchev–Trinajstić information content (AvgIpc) is 3.42. The van der Waals surface area contributed by atoms with Crippen LogP contribution >= 0.6 is 0 Å². The Balaban J connectivity index is 1.42. The van der Waals surface area contributed by atoms with Gasteiger partial charge in [0.2, 0.25) is 11.8 Å². The highest BCUT2D eigenvalue weighted by molar-refractivity contribution is 5.81. The summed E-state index contributed by atoms with van der Waals surface area (Å²) in [7, 11) is 1.59. The molecular formula is C28H34N4O5. The van der Waals surface area contributed by atoms with Gasteiger partial charge in [-0.1, -0.05) is 37.1 Å². The Labute approximate surface area is 215 Å². The van der Waals surface area contributed by atoms with Gasteiger partial charge in [0.25, 0.3) is 5.56 Å². The minimum absolute atomic E-state index is 0.0173. The lowest BCUT2D eigenvalue weighted by Crippen LogP contribution is -2.42. The van der Waals surface area contributed by atoms with Crippen molar-refractivity contribution in [1.29, 1.82) is 0 Å². The van der Waals surface area contributed by atoms with Crippen LogP contribution in [0.4, 0.5) is 0 Å². The molecule has 4 rings (SSSR count). The number of carbonyl (C=O) groups excluding carboxylic acids is 2. The number of hydrogen-bond donors (Lipinski definition) is 2. The van der Waals surface area contributed by atoms with Crippen LogP contribution in [0.15, 0.2) is 58.1 Å². The molecule has 0 aliphatic heterocycles. The lowest BCUT2D eigenvalue weighted by molar-refractivity contribution is -0.122. The molecule has 9 heteroatoms. The zero-order chi connectivity index (χ0) is 26.2. The molecule has 0 bridgehead atoms. The van der Waals surface area contributed by atoms with Gasteiger partial charge >= 0.3 is 5.69 Å². The number of benzene rings is 2. The van der Waals surface area contributed by atoms with Crippen molar-refractivity contribution in [3.63, 3.8) is 0 Å². The molecule has 1 aliphatic rings. The molecule has 2 aromatic carbocycles. The third-order valence-electron chi connectivity index (χ3n) is 6.84. The van der Waals surface area contributed by atoms with Gasteiger partial charge in [-0.2, -0.15) is 0 Å². The van der Waals surface area contributed by atoms with Gasteiger partial charge in [0, 0.05) is 25.6 Å². The summed E-state index contributed by atoms with van der Waals surface area (Å²) in [5.74, 6) is 0.408. The molecule has 1 saturated carbocycles. The van der Waals surface area contributed by atoms with Crippen LogP contribution in [0, 0.1) is 0 Å². The van der Waals surface area contributed by atoms with E-state index in [-0.39, 0.29) is 36.5 Å². The summed E-state index contributed by atoms with van der Waals surface area (Å²) in [6.07, 6.45) is 5.82. The van der Waals surface area contributed by atoms with Gasteiger partial charge in [-0.3, -0.25) is 23.5 Å². The van der Waals surface area contributed by atoms with Crippen molar-refractivity contribution in [1.82, 2.24) is 19.8 Å². The molecule has 0 spiro atoms. The number of aromatic nitrogens is 2. The molecule has 3 aromatic rings. The van der Waals surface area contributed by atoms with Crippen LogP contribution in [0.2, 0.25) is 0 Å². The van der Waals surface area contributed by atoms with Crippen molar-refractivity contribution >= 4 is 22.7 Å². The summed E-state index contributed by atoms with van der Waals surface area (Å²) in [4.78, 5) is 51.3. The number of para-hydroxylation sites is 1. The van der Waals surface area contributed by atoms with E-state index in [0.29, 0.717) is 36.7 Å². The second-order valence-corrected chi connectivity index (χ2v) is 9.47. The maximum Gasteiger partial charge on any atom is 0.331 e. The average molecular weight is 507 g/mol. The molecule has 0 atom stereocenters. The smallest absolute Gasteiger partial charge is 0.331 e. The van der Waals surface area contributed by atoms with Crippen LogP contribution in [0.5, 0.6) is 5.75 Å². The molecule has 2 amide bonds. The van der Waals surface area contributed by atoms with E-state index in [1.807, 2.05) is 24.3 Å². The first-order chi connectivity index (χ1) is 18.0. The number of nitrogens with one attached hydrogen (secondary N) is 2. The molecule has 0 saturated heterocycles. The Morgan fingerprint density at radius 2 is 1.68 bits per heavy atom. The van der Waals surface area contributed by atoms with Crippen LogP contribution in [-0.4, -0.2) is 34.1 Å². The molecule has 37 heavy (non-hydrogen) atoms. The SMILES string of the molecule is COc1ccc(CNC(=O)Cn2c(=O)n(CCCCC(=O)NC3CCCC3)c(=O)c3ccccc32)cc1. The van der Waals surface area contributed by atoms with Crippen molar-refractivity contribution in [2.24, 2.45) is 0 Å². The molecule has 1 fully saturated rings. The number of amides is 2. The molecule has 0 radical (unpaired) electrons. The highest BCUT2D eigenvalue weighted by atomic mass is 16.5. The van der Waals surface area contributed by atoms with E-state index in [1.165, 1.54) is 9.13 Å². The van der Waals surface area contributed by atoms with E-state index in [4.69, 9.17) is 4.74 Å². The number of methoxy groups -OCH3 is 1. The quantitative estimate of drug-likeness (QED) is 0.389. The van der Waals surface area contributed by atoms with Crippen molar-refractivity contribution in [2.75, 3.05) is 7.11 Å². The van der Waals surface area contributed by atoms with Gasteiger partial charge in [-0.05, 0) is 55.5 Å². The van der Waals surface area contributed by atoms with Gasteiger partial charge in [0.15, 0.2) is 0 Å². The monoisotopic (exact) mass is 506 g/mol. The summed E-state index contributed by atoms with van der Waals surface area (Å²) in [5, 5.41) is 6.27. The number of hydrogen-bond acceptors (Lipinski definition) is 5. The highest BCUT2D eigenvalue weighted by Gasteiger charge is 2.18. The largest absolute Gasteiger partial charge is 0.497 e. The fourth-order valence-corrected chi connectivity index (χ4v) is 4.79. The third-order valence-corrected chi connectivity index (χ3v) is 6.84. The molecule has 1 heterocycles. The summed E-state index contributed by atoms with van der Waals surface area (Å²) >= 11 is 0. The summed E-state index contributed by atoms with van der Waals surface area (Å²) in [5.41, 5.74) is 0.405. The minimum Gasteiger partial charge on any atom is -0.497 e. The van der Waals surface area contributed by atoms with Crippen molar-refractivity contribution < 1.29 is 14.3 Å². The highest BCUT2D eigenvalue weighted by Crippen LogP contribution is 2.18. The van der Waals surface area contributed by atoms with Crippen molar-refractivity contribution in [3.8, 4) is 5.75 Å². The van der Waals surface area contributed by atoms with Crippen molar-refractivity contribution in [3.05, 3.63) is 74.9 Å². The predicted molar refractivity (Wildman–Crippen MR) is 142 cm³/mol. The Kier molecular flexibility index (Phi) is 8.77. The van der Waals surface area contributed by atoms with Crippen LogP contribution in [0.25, 0.3) is 10.9 Å². The van der Waals surface area contributed by atoms with Crippen molar-refractivity contribution in [2.45, 2.75) is 70.6 Å². The number of nitrogens with zero attached hydrogens (tertiary/aromatic N) is 2. The van der Waals surface area contributed by atoms with E-state index in [2.05, 4.69) is 10.6 Å². The second kappa shape index (κ2) is 12.4. The zero-order valence-electron chi connectivity index (χ0n) is 21.2. The maximum absolute atomic E-state index is 13.3. The number of rotatable bonds is 11. The van der Waals surface area contributed by atoms with Gasteiger partial charge in [-0.25, -0.2) is 4.79 Å². The van der Waals surface area contributed by atoms with Gasteiger partial charge in [-0.15, -0.1) is 0 Å². The molecule has 196 valence electrons. The number of carbonyl (C=O) groups is 2. The zero-order valence-corrected chi connectivity index (χ0v) is 21.2. The molecule has 9 nitrogen and oxygen atoms in total. The van der Waals surface area contributed by atoms with Crippen LogP contribution < -0.4 is 26.6 Å². The number of unbranched alkanes of at least 4 members (excludes halogenated alkanes) is 1. The van der Waals surface area contributed by atoms with Crippen LogP contribution in [-0.2, 0) is 29.2 Å². The third kappa shape index (κ3) is 6.67. The first-order valence-electron chi connectivity index (χ1n) is 12.9. The first kappa shape index (κ1) is 26.2. The molecule has 1 aromatic heterocycles. The van der Waals surface area contributed by atoms with Gasteiger partial charge in [0.1, 0.15) is 12.3 Å². The Hall–Kier alpha value is -3.88. The maximum atomic E-state index is 13.3. The van der Waals surface area contributed by atoms with E-state index in [0.717, 1.165) is 37.0 Å². The van der Waals surface area contributed by atoms with Gasteiger partial charge in [0.05, 0.1) is 18.0 Å². The van der Waals surface area contributed by atoms with Crippen LogP contribution in [0.3, 0.4) is 0 Å². The number of fused-ring (bicyclic) bond motifs is 1. The standard InChI is InChI=1S/C28H34N4O5/c1-37-22-15-13-20(14-16-22)18-29-26(34)19-32-24-11-5-4-10-23(24)27(35)31(28(32)36)17-7-6-12-25(33)30-21-8-2-3-9-21/h4-5,10-11,13-16,21H,2-3,6-9,12,17-19H2,1H3,(H,29,34)(H,30,33). The number of ether oxygens (including phenoxy) is 1. The molecule has 1 aliphatic carbocycles. The fraction of sp³-hybridized carbons (Fsp3) is 0.429. The minimum atomic E-state index is -0.529. The second-order valence-electron chi connectivity index (χ2n) is 9.47. The first-order valence-corrected chi connectivity index (χ1v) is 12.9. The normalized spacial score (nSPS) is 13.5.